The van der Waals surface area contributed by atoms with Crippen LogP contribution < -0.4 is 0 Å². The summed E-state index contributed by atoms with van der Waals surface area (Å²) in [6.45, 7) is 6.87. The van der Waals surface area contributed by atoms with Crippen LogP contribution in [0.2, 0.25) is 0 Å². The molecule has 0 aromatic carbocycles. The molecule has 0 atom stereocenters. The molecule has 0 radical (unpaired) electrons. The highest BCUT2D eigenvalue weighted by molar-refractivity contribution is 5.66. The largest absolute Gasteiger partial charge is 0.481 e. The number of carbonyl (C=O) groups is 1. The molecule has 0 unspecified atom stereocenters. The number of aliphatic carboxylic acids is 1. The molecule has 0 aromatic heterocycles. The molecule has 4 nitrogen and oxygen atoms in total. The summed E-state index contributed by atoms with van der Waals surface area (Å²) in [5.41, 5.74) is 0. The molecule has 0 aliphatic carbocycles. The standard InChI is InChI=1S/C20H40N2.C16H32O2/c1-3-4-5-6-7-8-9-10-11-12-13-14-15-16-17-22-19-18-21(2)20-22;1-2-3-4-5-6-7-8-9-10-11-12-13-14-15-16(17)18/h18-19H,3-17,20H2,1-2H3;2-15H2,1H3,(H,17,18). The predicted octanol–water partition coefficient (Wildman–Crippen LogP) is 11.7. The van der Waals surface area contributed by atoms with Crippen LogP contribution in [0.1, 0.15) is 194 Å². The monoisotopic (exact) mass is 565 g/mol. The second kappa shape index (κ2) is 32.3. The maximum absolute atomic E-state index is 10.3. The highest BCUT2D eigenvalue weighted by Gasteiger charge is 2.06. The van der Waals surface area contributed by atoms with Crippen LogP contribution in [0.5, 0.6) is 0 Å². The van der Waals surface area contributed by atoms with E-state index in [9.17, 15) is 4.79 Å². The molecule has 0 fully saturated rings. The molecule has 0 bridgehead atoms. The summed E-state index contributed by atoms with van der Waals surface area (Å²) in [6, 6.07) is 0. The van der Waals surface area contributed by atoms with E-state index in [1.165, 1.54) is 167 Å². The van der Waals surface area contributed by atoms with E-state index >= 15 is 0 Å². The Morgan fingerprint density at radius 3 is 1.15 bits per heavy atom. The fraction of sp³-hybridized carbons (Fsp3) is 0.917. The van der Waals surface area contributed by atoms with Crippen LogP contribution in [0.15, 0.2) is 12.4 Å². The lowest BCUT2D eigenvalue weighted by molar-refractivity contribution is -0.137. The molecule has 1 heterocycles. The van der Waals surface area contributed by atoms with Crippen molar-refractivity contribution in [1.29, 1.82) is 0 Å². The number of hydrogen-bond acceptors (Lipinski definition) is 3. The Morgan fingerprint density at radius 1 is 0.525 bits per heavy atom. The first-order valence-electron chi connectivity index (χ1n) is 17.9. The first kappa shape index (κ1) is 38.8. The summed E-state index contributed by atoms with van der Waals surface area (Å²) in [5.74, 6) is -0.655. The zero-order valence-electron chi connectivity index (χ0n) is 27.6. The van der Waals surface area contributed by atoms with Crippen LogP contribution in [-0.2, 0) is 4.79 Å². The van der Waals surface area contributed by atoms with Crippen molar-refractivity contribution < 1.29 is 9.90 Å². The number of rotatable bonds is 29. The van der Waals surface area contributed by atoms with E-state index in [0.29, 0.717) is 6.42 Å². The van der Waals surface area contributed by atoms with Crippen molar-refractivity contribution in [3.8, 4) is 0 Å². The quantitative estimate of drug-likeness (QED) is 0.0917. The van der Waals surface area contributed by atoms with Gasteiger partial charge in [-0.3, -0.25) is 4.79 Å². The minimum absolute atomic E-state index is 0.345. The molecular weight excluding hydrogens is 492 g/mol. The third-order valence-corrected chi connectivity index (χ3v) is 8.23. The summed E-state index contributed by atoms with van der Waals surface area (Å²) < 4.78 is 0. The van der Waals surface area contributed by atoms with E-state index in [1.54, 1.807) is 0 Å². The highest BCUT2D eigenvalue weighted by Crippen LogP contribution is 2.14. The summed E-state index contributed by atoms with van der Waals surface area (Å²) in [7, 11) is 2.14. The Morgan fingerprint density at radius 2 is 0.850 bits per heavy atom. The molecule has 0 saturated heterocycles. The maximum Gasteiger partial charge on any atom is 0.303 e. The summed E-state index contributed by atoms with van der Waals surface area (Å²) >= 11 is 0. The van der Waals surface area contributed by atoms with Crippen LogP contribution in [-0.4, -0.2) is 41.1 Å². The number of nitrogens with zero attached hydrogens (tertiary/aromatic N) is 2. The van der Waals surface area contributed by atoms with Gasteiger partial charge < -0.3 is 14.9 Å². The third kappa shape index (κ3) is 31.3. The molecule has 40 heavy (non-hydrogen) atoms. The third-order valence-electron chi connectivity index (χ3n) is 8.23. The number of hydrogen-bond donors (Lipinski definition) is 1. The SMILES string of the molecule is CCCCCCCCCCCCCCCC(=O)O.CCCCCCCCCCCCCCCCN1C=CN(C)C1. The average molecular weight is 565 g/mol. The van der Waals surface area contributed by atoms with Crippen LogP contribution in [0.3, 0.4) is 0 Å². The van der Waals surface area contributed by atoms with Gasteiger partial charge in [0.25, 0.3) is 0 Å². The van der Waals surface area contributed by atoms with Gasteiger partial charge in [-0.25, -0.2) is 0 Å². The van der Waals surface area contributed by atoms with Crippen molar-refractivity contribution in [3.63, 3.8) is 0 Å². The topological polar surface area (TPSA) is 43.8 Å². The van der Waals surface area contributed by atoms with Crippen LogP contribution >= 0.6 is 0 Å². The van der Waals surface area contributed by atoms with E-state index in [-0.39, 0.29) is 0 Å². The van der Waals surface area contributed by atoms with Crippen molar-refractivity contribution in [3.05, 3.63) is 12.4 Å². The lowest BCUT2D eigenvalue weighted by Gasteiger charge is -2.17. The van der Waals surface area contributed by atoms with Gasteiger partial charge in [0.1, 0.15) is 0 Å². The minimum Gasteiger partial charge on any atom is -0.481 e. The smallest absolute Gasteiger partial charge is 0.303 e. The Balaban J connectivity index is 0.000000778. The Hall–Kier alpha value is -1.19. The van der Waals surface area contributed by atoms with Crippen molar-refractivity contribution in [2.45, 2.75) is 194 Å². The highest BCUT2D eigenvalue weighted by atomic mass is 16.4. The normalized spacial score (nSPS) is 12.7. The predicted molar refractivity (Wildman–Crippen MR) is 177 cm³/mol. The van der Waals surface area contributed by atoms with E-state index in [0.717, 1.165) is 19.5 Å². The molecule has 1 N–H and O–H groups in total. The molecular formula is C36H72N2O2. The first-order chi connectivity index (χ1) is 19.6. The van der Waals surface area contributed by atoms with E-state index in [2.05, 4.69) is 43.1 Å². The van der Waals surface area contributed by atoms with E-state index in [1.807, 2.05) is 0 Å². The summed E-state index contributed by atoms with van der Waals surface area (Å²) in [6.07, 6.45) is 41.9. The van der Waals surface area contributed by atoms with Crippen LogP contribution in [0, 0.1) is 0 Å². The summed E-state index contributed by atoms with van der Waals surface area (Å²) in [4.78, 5) is 15.0. The summed E-state index contributed by atoms with van der Waals surface area (Å²) in [5, 5.41) is 8.49. The molecule has 238 valence electrons. The maximum atomic E-state index is 10.3. The number of carboxylic acids is 1. The molecule has 0 spiro atoms. The number of unbranched alkanes of at least 4 members (excludes halogenated alkanes) is 25. The van der Waals surface area contributed by atoms with Gasteiger partial charge >= 0.3 is 5.97 Å². The fourth-order valence-electron chi connectivity index (χ4n) is 5.54. The van der Waals surface area contributed by atoms with Gasteiger partial charge in [0, 0.05) is 32.4 Å². The van der Waals surface area contributed by atoms with Gasteiger partial charge in [0.15, 0.2) is 0 Å². The second-order valence-electron chi connectivity index (χ2n) is 12.5. The number of carboxylic acid groups (broad SMARTS) is 1. The van der Waals surface area contributed by atoms with E-state index in [4.69, 9.17) is 5.11 Å². The Kier molecular flexibility index (Phi) is 31.4. The van der Waals surface area contributed by atoms with Gasteiger partial charge in [-0.2, -0.15) is 0 Å². The lowest BCUT2D eigenvalue weighted by atomic mass is 10.0. The second-order valence-corrected chi connectivity index (χ2v) is 12.5. The minimum atomic E-state index is -0.655. The van der Waals surface area contributed by atoms with Crippen LogP contribution in [0.4, 0.5) is 0 Å². The van der Waals surface area contributed by atoms with Crippen molar-refractivity contribution in [2.75, 3.05) is 20.3 Å². The average Bonchev–Trinajstić information content (AvgIpc) is 3.36. The van der Waals surface area contributed by atoms with Crippen molar-refractivity contribution in [1.82, 2.24) is 9.80 Å². The van der Waals surface area contributed by atoms with Gasteiger partial charge in [0.05, 0.1) is 6.67 Å². The molecule has 1 aliphatic rings. The zero-order valence-corrected chi connectivity index (χ0v) is 27.6. The fourth-order valence-corrected chi connectivity index (χ4v) is 5.54. The molecule has 0 amide bonds. The van der Waals surface area contributed by atoms with Gasteiger partial charge in [-0.15, -0.1) is 0 Å². The van der Waals surface area contributed by atoms with Crippen molar-refractivity contribution in [2.24, 2.45) is 0 Å². The zero-order chi connectivity index (χ0) is 29.4. The Bertz CT molecular complexity index is 537. The molecule has 0 aromatic rings. The van der Waals surface area contributed by atoms with E-state index < -0.39 is 5.97 Å². The van der Waals surface area contributed by atoms with Crippen molar-refractivity contribution >= 4 is 5.97 Å². The lowest BCUT2D eigenvalue weighted by Crippen LogP contribution is -2.23. The van der Waals surface area contributed by atoms with Gasteiger partial charge in [-0.05, 0) is 12.8 Å². The van der Waals surface area contributed by atoms with Gasteiger partial charge in [0.2, 0.25) is 0 Å². The van der Waals surface area contributed by atoms with Gasteiger partial charge in [-0.1, -0.05) is 174 Å². The molecule has 1 rings (SSSR count). The molecule has 4 heteroatoms. The first-order valence-corrected chi connectivity index (χ1v) is 17.9. The Labute approximate surface area is 251 Å². The van der Waals surface area contributed by atoms with Crippen LogP contribution in [0.25, 0.3) is 0 Å². The molecule has 0 saturated carbocycles. The molecule has 1 aliphatic heterocycles.